The minimum atomic E-state index is -4.95. The van der Waals surface area contributed by atoms with Crippen molar-refractivity contribution in [3.05, 3.63) is 0 Å². The summed E-state index contributed by atoms with van der Waals surface area (Å²) in [7, 11) is -9.90. The molecular formula is C72H140O17P2. The van der Waals surface area contributed by atoms with Crippen molar-refractivity contribution >= 4 is 39.5 Å². The standard InChI is InChI=1S/C72H140O17P2/c1-9-65(8)51-43-35-27-20-21-29-39-47-55-72(77)89-68(59-83-70(75)53-45-37-31-23-26-34-42-50-64(6)7)61-87-91(80,81)85-57-66(73)56-84-90(78,79)86-60-67(58-82-69(74)52-44-36-30-22-25-33-41-49-63(4)5)88-71(76)54-46-38-28-19-17-15-13-11-10-12-14-16-18-24-32-40-48-62(2)3/h62-68,73H,9-61H2,1-8H3,(H,78,79)(H,80,81)/t65?,66?,67-,68-/m1/s1. The van der Waals surface area contributed by atoms with Crippen LogP contribution in [0.4, 0.5) is 0 Å². The van der Waals surface area contributed by atoms with Gasteiger partial charge in [-0.05, 0) is 49.4 Å². The third-order valence-electron chi connectivity index (χ3n) is 16.9. The fourth-order valence-electron chi connectivity index (χ4n) is 10.8. The monoisotopic (exact) mass is 1340 g/mol. The van der Waals surface area contributed by atoms with E-state index in [1.807, 2.05) is 0 Å². The average Bonchev–Trinajstić information content (AvgIpc) is 2.24. The summed E-state index contributed by atoms with van der Waals surface area (Å²) in [6.45, 7) is 14.1. The molecule has 19 heteroatoms. The molecule has 0 saturated carbocycles. The van der Waals surface area contributed by atoms with Crippen molar-refractivity contribution in [1.29, 1.82) is 0 Å². The van der Waals surface area contributed by atoms with E-state index in [9.17, 15) is 43.2 Å². The van der Waals surface area contributed by atoms with Crippen LogP contribution in [-0.2, 0) is 65.4 Å². The van der Waals surface area contributed by atoms with Gasteiger partial charge >= 0.3 is 39.5 Å². The van der Waals surface area contributed by atoms with Gasteiger partial charge in [-0.15, -0.1) is 0 Å². The second-order valence-corrected chi connectivity index (χ2v) is 30.6. The Morgan fingerprint density at radius 2 is 0.527 bits per heavy atom. The molecule has 17 nitrogen and oxygen atoms in total. The third-order valence-corrected chi connectivity index (χ3v) is 18.8. The van der Waals surface area contributed by atoms with Crippen molar-refractivity contribution in [3.8, 4) is 0 Å². The van der Waals surface area contributed by atoms with E-state index < -0.39 is 97.5 Å². The molecule has 0 fully saturated rings. The van der Waals surface area contributed by atoms with Crippen LogP contribution in [-0.4, -0.2) is 96.7 Å². The number of unbranched alkanes of at least 4 members (excludes halogenated alkanes) is 34. The van der Waals surface area contributed by atoms with Crippen molar-refractivity contribution in [2.75, 3.05) is 39.6 Å². The van der Waals surface area contributed by atoms with Crippen LogP contribution in [0, 0.1) is 23.7 Å². The lowest BCUT2D eigenvalue weighted by molar-refractivity contribution is -0.161. The van der Waals surface area contributed by atoms with E-state index in [1.54, 1.807) is 0 Å². The molecule has 540 valence electrons. The first-order chi connectivity index (χ1) is 43.6. The molecule has 0 aliphatic rings. The van der Waals surface area contributed by atoms with Gasteiger partial charge in [0.2, 0.25) is 0 Å². The van der Waals surface area contributed by atoms with E-state index in [1.165, 1.54) is 148 Å². The van der Waals surface area contributed by atoms with Gasteiger partial charge in [0.15, 0.2) is 12.2 Å². The molecule has 0 aromatic rings. The fraction of sp³-hybridized carbons (Fsp3) is 0.944. The largest absolute Gasteiger partial charge is 0.472 e. The summed E-state index contributed by atoms with van der Waals surface area (Å²) >= 11 is 0. The van der Waals surface area contributed by atoms with Gasteiger partial charge in [0.1, 0.15) is 19.3 Å². The van der Waals surface area contributed by atoms with Gasteiger partial charge in [-0.1, -0.05) is 306 Å². The number of phosphoric ester groups is 2. The number of hydrogen-bond donors (Lipinski definition) is 3. The zero-order chi connectivity index (χ0) is 67.5. The van der Waals surface area contributed by atoms with Crippen LogP contribution >= 0.6 is 15.6 Å². The molecule has 0 rings (SSSR count). The van der Waals surface area contributed by atoms with Gasteiger partial charge in [0.25, 0.3) is 0 Å². The second kappa shape index (κ2) is 61.6. The van der Waals surface area contributed by atoms with Gasteiger partial charge in [-0.25, -0.2) is 9.13 Å². The Labute approximate surface area is 556 Å². The van der Waals surface area contributed by atoms with E-state index in [-0.39, 0.29) is 25.7 Å². The quantitative estimate of drug-likeness (QED) is 0.0222. The molecule has 4 unspecified atom stereocenters. The SMILES string of the molecule is CCC(C)CCCCCCCCCCC(=O)O[C@H](COC(=O)CCCCCCCCCC(C)C)COP(=O)(O)OCC(O)COP(=O)(O)OC[C@@H](COC(=O)CCCCCCCCCC(C)C)OC(=O)CCCCCCCCCCCCCCCCCCC(C)C. The highest BCUT2D eigenvalue weighted by molar-refractivity contribution is 7.47. The molecule has 0 saturated heterocycles. The Morgan fingerprint density at radius 3 is 0.780 bits per heavy atom. The maximum Gasteiger partial charge on any atom is 0.472 e. The molecule has 0 amide bonds. The van der Waals surface area contributed by atoms with Crippen molar-refractivity contribution in [2.24, 2.45) is 23.7 Å². The van der Waals surface area contributed by atoms with Gasteiger partial charge in [0.05, 0.1) is 26.4 Å². The molecule has 0 aliphatic carbocycles. The van der Waals surface area contributed by atoms with Crippen LogP contribution in [0.5, 0.6) is 0 Å². The third kappa shape index (κ3) is 65.1. The molecule has 6 atom stereocenters. The zero-order valence-corrected chi connectivity index (χ0v) is 61.3. The van der Waals surface area contributed by atoms with E-state index in [0.717, 1.165) is 115 Å². The van der Waals surface area contributed by atoms with Crippen molar-refractivity contribution in [1.82, 2.24) is 0 Å². The number of carbonyl (C=O) groups is 4. The number of phosphoric acid groups is 2. The van der Waals surface area contributed by atoms with Gasteiger partial charge in [0, 0.05) is 25.7 Å². The Kier molecular flexibility index (Phi) is 60.3. The molecule has 0 bridgehead atoms. The topological polar surface area (TPSA) is 237 Å². The first kappa shape index (κ1) is 89.1. The molecule has 0 aromatic heterocycles. The second-order valence-electron chi connectivity index (χ2n) is 27.6. The van der Waals surface area contributed by atoms with Crippen LogP contribution in [0.1, 0.15) is 357 Å². The number of esters is 4. The van der Waals surface area contributed by atoms with Gasteiger partial charge in [-0.3, -0.25) is 37.3 Å². The highest BCUT2D eigenvalue weighted by Crippen LogP contribution is 2.45. The number of hydrogen-bond acceptors (Lipinski definition) is 15. The molecule has 0 radical (unpaired) electrons. The maximum absolute atomic E-state index is 13.0. The molecule has 3 N–H and O–H groups in total. The Balaban J connectivity index is 5.21. The average molecular weight is 1340 g/mol. The summed E-state index contributed by atoms with van der Waals surface area (Å²) in [4.78, 5) is 72.6. The van der Waals surface area contributed by atoms with Crippen LogP contribution in [0.3, 0.4) is 0 Å². The van der Waals surface area contributed by atoms with Crippen LogP contribution in [0.25, 0.3) is 0 Å². The van der Waals surface area contributed by atoms with Crippen LogP contribution < -0.4 is 0 Å². The maximum atomic E-state index is 13.0. The molecule has 91 heavy (non-hydrogen) atoms. The summed E-state index contributed by atoms with van der Waals surface area (Å²) in [5, 5.41) is 10.6. The zero-order valence-electron chi connectivity index (χ0n) is 59.5. The van der Waals surface area contributed by atoms with Gasteiger partial charge in [-0.2, -0.15) is 0 Å². The molecular weight excluding hydrogens is 1200 g/mol. The summed E-state index contributed by atoms with van der Waals surface area (Å²) < 4.78 is 68.3. The normalized spacial score (nSPS) is 14.5. The molecule has 0 spiro atoms. The number of aliphatic hydroxyl groups is 1. The summed E-state index contributed by atoms with van der Waals surface area (Å²) in [6, 6.07) is 0. The van der Waals surface area contributed by atoms with E-state index in [2.05, 4.69) is 55.4 Å². The number of ether oxygens (including phenoxy) is 4. The Hall–Kier alpha value is -1.94. The highest BCUT2D eigenvalue weighted by Gasteiger charge is 2.30. The van der Waals surface area contributed by atoms with E-state index >= 15 is 0 Å². The van der Waals surface area contributed by atoms with Crippen LogP contribution in [0.15, 0.2) is 0 Å². The predicted molar refractivity (Wildman–Crippen MR) is 367 cm³/mol. The minimum Gasteiger partial charge on any atom is -0.462 e. The van der Waals surface area contributed by atoms with E-state index in [4.69, 9.17) is 37.0 Å². The number of rotatable bonds is 69. The predicted octanol–water partition coefficient (Wildman–Crippen LogP) is 20.5. The summed E-state index contributed by atoms with van der Waals surface area (Å²) in [5.74, 6) is 0.859. The summed E-state index contributed by atoms with van der Waals surface area (Å²) in [6.07, 6.45) is 44.6. The molecule has 0 aromatic carbocycles. The first-order valence-corrected chi connectivity index (χ1v) is 40.2. The van der Waals surface area contributed by atoms with Gasteiger partial charge < -0.3 is 33.8 Å². The lowest BCUT2D eigenvalue weighted by atomic mass is 9.99. The van der Waals surface area contributed by atoms with Crippen molar-refractivity contribution in [2.45, 2.75) is 375 Å². The highest BCUT2D eigenvalue weighted by atomic mass is 31.2. The van der Waals surface area contributed by atoms with Crippen molar-refractivity contribution < 1.29 is 80.2 Å². The lowest BCUT2D eigenvalue weighted by Crippen LogP contribution is -2.30. The molecule has 0 heterocycles. The summed E-state index contributed by atoms with van der Waals surface area (Å²) in [5.41, 5.74) is 0. The van der Waals surface area contributed by atoms with E-state index in [0.29, 0.717) is 37.5 Å². The Bertz CT molecular complexity index is 1800. The molecule has 0 aliphatic heterocycles. The van der Waals surface area contributed by atoms with Crippen LogP contribution in [0.2, 0.25) is 0 Å². The Morgan fingerprint density at radius 1 is 0.308 bits per heavy atom. The van der Waals surface area contributed by atoms with Crippen molar-refractivity contribution in [3.63, 3.8) is 0 Å². The minimum absolute atomic E-state index is 0.104. The fourth-order valence-corrected chi connectivity index (χ4v) is 12.4. The smallest absolute Gasteiger partial charge is 0.462 e. The number of aliphatic hydroxyl groups excluding tert-OH is 1. The first-order valence-electron chi connectivity index (χ1n) is 37.2. The number of carbonyl (C=O) groups excluding carboxylic acids is 4. The lowest BCUT2D eigenvalue weighted by Gasteiger charge is -2.21.